The van der Waals surface area contributed by atoms with Crippen molar-refractivity contribution in [2.75, 3.05) is 24.5 Å². The van der Waals surface area contributed by atoms with E-state index in [1.54, 1.807) is 12.1 Å². The van der Waals surface area contributed by atoms with Crippen LogP contribution in [0.4, 0.5) is 11.4 Å². The molecule has 1 atom stereocenters. The molecule has 0 spiro atoms. The molecule has 0 aliphatic carbocycles. The number of piperazine rings is 1. The zero-order chi connectivity index (χ0) is 18.0. The summed E-state index contributed by atoms with van der Waals surface area (Å²) < 4.78 is 0. The fraction of sp³-hybridized carbons (Fsp3) is 0.235. The maximum atomic E-state index is 11.6. The van der Waals surface area contributed by atoms with Gasteiger partial charge in [-0.3, -0.25) is 10.1 Å². The molecule has 0 amide bonds. The highest BCUT2D eigenvalue weighted by Gasteiger charge is 2.28. The molecular weight excluding hydrogens is 381 g/mol. The van der Waals surface area contributed by atoms with Crippen molar-refractivity contribution in [3.05, 3.63) is 68.7 Å². The molecule has 0 radical (unpaired) electrons. The fourth-order valence-electron chi connectivity index (χ4n) is 3.03. The van der Waals surface area contributed by atoms with Crippen LogP contribution in [0, 0.1) is 10.1 Å². The standard InChI is InChI=1S/C17H16ClN3O4.ClH/c18-12-3-1-11(2-4-12)16-10-19-7-8-20(16)15-6-5-13(21(24)25)9-14(15)17(22)23;/h1-6,9,16,19H,7-8,10H2,(H,22,23);1H. The fourth-order valence-corrected chi connectivity index (χ4v) is 3.16. The third-order valence-corrected chi connectivity index (χ3v) is 4.48. The van der Waals surface area contributed by atoms with E-state index < -0.39 is 10.9 Å². The summed E-state index contributed by atoms with van der Waals surface area (Å²) in [6, 6.07) is 11.2. The van der Waals surface area contributed by atoms with Gasteiger partial charge in [0.15, 0.2) is 0 Å². The highest BCUT2D eigenvalue weighted by atomic mass is 35.5. The molecule has 1 heterocycles. The Kier molecular flexibility index (Phi) is 6.42. The van der Waals surface area contributed by atoms with Gasteiger partial charge in [-0.05, 0) is 23.8 Å². The number of carboxylic acid groups (broad SMARTS) is 1. The van der Waals surface area contributed by atoms with Crippen molar-refractivity contribution in [1.29, 1.82) is 0 Å². The van der Waals surface area contributed by atoms with Crippen molar-refractivity contribution in [3.8, 4) is 0 Å². The van der Waals surface area contributed by atoms with E-state index in [0.29, 0.717) is 30.3 Å². The molecule has 1 aliphatic heterocycles. The summed E-state index contributed by atoms with van der Waals surface area (Å²) in [5.41, 5.74) is 1.15. The molecule has 9 heteroatoms. The molecule has 7 nitrogen and oxygen atoms in total. The number of carbonyl (C=O) groups is 1. The molecular formula is C17H17Cl2N3O4. The maximum Gasteiger partial charge on any atom is 0.338 e. The first kappa shape index (κ1) is 20.0. The normalized spacial score (nSPS) is 16.7. The second kappa shape index (κ2) is 8.35. The van der Waals surface area contributed by atoms with E-state index in [1.165, 1.54) is 12.1 Å². The molecule has 0 saturated carbocycles. The van der Waals surface area contributed by atoms with E-state index in [1.807, 2.05) is 17.0 Å². The van der Waals surface area contributed by atoms with Crippen molar-refractivity contribution in [3.63, 3.8) is 0 Å². The number of benzene rings is 2. The van der Waals surface area contributed by atoms with Gasteiger partial charge < -0.3 is 15.3 Å². The number of anilines is 1. The number of nitrogens with zero attached hydrogens (tertiary/aromatic N) is 2. The van der Waals surface area contributed by atoms with Gasteiger partial charge >= 0.3 is 5.97 Å². The number of halogens is 2. The molecule has 1 unspecified atom stereocenters. The van der Waals surface area contributed by atoms with E-state index in [2.05, 4.69) is 5.32 Å². The van der Waals surface area contributed by atoms with Crippen LogP contribution in [0.15, 0.2) is 42.5 Å². The van der Waals surface area contributed by atoms with Crippen LogP contribution in [0.2, 0.25) is 5.02 Å². The van der Waals surface area contributed by atoms with Crippen LogP contribution >= 0.6 is 24.0 Å². The highest BCUT2D eigenvalue weighted by Crippen LogP contribution is 2.33. The minimum atomic E-state index is -1.19. The minimum Gasteiger partial charge on any atom is -0.478 e. The first-order valence-electron chi connectivity index (χ1n) is 7.72. The third-order valence-electron chi connectivity index (χ3n) is 4.23. The quantitative estimate of drug-likeness (QED) is 0.605. The predicted octanol–water partition coefficient (Wildman–Crippen LogP) is 3.52. The largest absolute Gasteiger partial charge is 0.478 e. The summed E-state index contributed by atoms with van der Waals surface area (Å²) in [6.07, 6.45) is 0. The minimum absolute atomic E-state index is 0. The molecule has 0 bridgehead atoms. The second-order valence-electron chi connectivity index (χ2n) is 5.73. The number of hydrogen-bond acceptors (Lipinski definition) is 5. The van der Waals surface area contributed by atoms with Gasteiger partial charge in [-0.2, -0.15) is 0 Å². The van der Waals surface area contributed by atoms with E-state index in [0.717, 1.165) is 11.6 Å². The van der Waals surface area contributed by atoms with Gasteiger partial charge in [-0.15, -0.1) is 12.4 Å². The maximum absolute atomic E-state index is 11.6. The van der Waals surface area contributed by atoms with Crippen molar-refractivity contribution in [1.82, 2.24) is 5.32 Å². The van der Waals surface area contributed by atoms with Crippen LogP contribution in [0.3, 0.4) is 0 Å². The monoisotopic (exact) mass is 397 g/mol. The molecule has 2 aromatic carbocycles. The Morgan fingerprint density at radius 2 is 1.96 bits per heavy atom. The van der Waals surface area contributed by atoms with Crippen LogP contribution in [0.1, 0.15) is 22.0 Å². The Morgan fingerprint density at radius 1 is 1.27 bits per heavy atom. The topological polar surface area (TPSA) is 95.7 Å². The molecule has 26 heavy (non-hydrogen) atoms. The lowest BCUT2D eigenvalue weighted by Gasteiger charge is -2.39. The smallest absolute Gasteiger partial charge is 0.338 e. The first-order chi connectivity index (χ1) is 12.0. The zero-order valence-corrected chi connectivity index (χ0v) is 15.2. The van der Waals surface area contributed by atoms with Crippen molar-refractivity contribution in [2.24, 2.45) is 0 Å². The number of nitrogens with one attached hydrogen (secondary N) is 1. The number of nitro benzene ring substituents is 1. The number of nitro groups is 1. The van der Waals surface area contributed by atoms with Gasteiger partial charge in [0.05, 0.1) is 22.2 Å². The average Bonchev–Trinajstić information content (AvgIpc) is 2.62. The zero-order valence-electron chi connectivity index (χ0n) is 13.6. The van der Waals surface area contributed by atoms with Gasteiger partial charge in [-0.1, -0.05) is 23.7 Å². The lowest BCUT2D eigenvalue weighted by Crippen LogP contribution is -2.46. The van der Waals surface area contributed by atoms with Crippen LogP contribution in [0.25, 0.3) is 0 Å². The Hall–Kier alpha value is -2.35. The molecule has 1 fully saturated rings. The van der Waals surface area contributed by atoms with Crippen LogP contribution < -0.4 is 10.2 Å². The van der Waals surface area contributed by atoms with E-state index >= 15 is 0 Å². The van der Waals surface area contributed by atoms with Crippen LogP contribution in [-0.4, -0.2) is 35.6 Å². The van der Waals surface area contributed by atoms with Gasteiger partial charge in [0.25, 0.3) is 5.69 Å². The summed E-state index contributed by atoms with van der Waals surface area (Å²) in [4.78, 5) is 24.0. The van der Waals surface area contributed by atoms with Gasteiger partial charge in [0, 0.05) is 36.8 Å². The lowest BCUT2D eigenvalue weighted by atomic mass is 10.0. The Balaban J connectivity index is 0.00000243. The third kappa shape index (κ3) is 4.07. The SMILES string of the molecule is Cl.O=C(O)c1cc([N+](=O)[O-])ccc1N1CCNCC1c1ccc(Cl)cc1. The number of aromatic carboxylic acids is 1. The Bertz CT molecular complexity index is 814. The number of hydrogen-bond donors (Lipinski definition) is 2. The highest BCUT2D eigenvalue weighted by molar-refractivity contribution is 6.30. The lowest BCUT2D eigenvalue weighted by molar-refractivity contribution is -0.384. The average molecular weight is 398 g/mol. The second-order valence-corrected chi connectivity index (χ2v) is 6.17. The summed E-state index contributed by atoms with van der Waals surface area (Å²) in [6.45, 7) is 1.92. The number of non-ortho nitro benzene ring substituents is 1. The number of carboxylic acids is 1. The Labute approximate surface area is 161 Å². The van der Waals surface area contributed by atoms with E-state index in [9.17, 15) is 20.0 Å². The molecule has 138 valence electrons. The van der Waals surface area contributed by atoms with E-state index in [4.69, 9.17) is 11.6 Å². The molecule has 0 aromatic heterocycles. The summed E-state index contributed by atoms with van der Waals surface area (Å²) in [5.74, 6) is -1.19. The molecule has 2 aromatic rings. The summed E-state index contributed by atoms with van der Waals surface area (Å²) in [7, 11) is 0. The first-order valence-corrected chi connectivity index (χ1v) is 8.09. The molecule has 3 rings (SSSR count). The Morgan fingerprint density at radius 3 is 2.58 bits per heavy atom. The summed E-state index contributed by atoms with van der Waals surface area (Å²) in [5, 5.41) is 24.4. The van der Waals surface area contributed by atoms with Gasteiger partial charge in [-0.25, -0.2) is 4.79 Å². The van der Waals surface area contributed by atoms with Crippen LogP contribution in [-0.2, 0) is 0 Å². The van der Waals surface area contributed by atoms with Crippen molar-refractivity contribution < 1.29 is 14.8 Å². The van der Waals surface area contributed by atoms with Gasteiger partial charge in [0.1, 0.15) is 0 Å². The number of rotatable bonds is 4. The summed E-state index contributed by atoms with van der Waals surface area (Å²) >= 11 is 5.95. The van der Waals surface area contributed by atoms with Gasteiger partial charge in [0.2, 0.25) is 0 Å². The van der Waals surface area contributed by atoms with Crippen molar-refractivity contribution in [2.45, 2.75) is 6.04 Å². The molecule has 1 saturated heterocycles. The van der Waals surface area contributed by atoms with Crippen LogP contribution in [0.5, 0.6) is 0 Å². The molecule has 1 aliphatic rings. The predicted molar refractivity (Wildman–Crippen MR) is 102 cm³/mol. The van der Waals surface area contributed by atoms with Crippen molar-refractivity contribution >= 4 is 41.4 Å². The molecule has 2 N–H and O–H groups in total. The van der Waals surface area contributed by atoms with E-state index in [-0.39, 0.29) is 29.7 Å².